The average Bonchev–Trinajstić information content (AvgIpc) is 3.08. The Morgan fingerprint density at radius 3 is 2.58 bits per heavy atom. The van der Waals surface area contributed by atoms with E-state index in [1.165, 1.54) is 7.11 Å². The normalized spacial score (nSPS) is 18.2. The summed E-state index contributed by atoms with van der Waals surface area (Å²) in [7, 11) is 1.33. The summed E-state index contributed by atoms with van der Waals surface area (Å²) in [6, 6.07) is 8.41. The van der Waals surface area contributed by atoms with Crippen LogP contribution in [0, 0.1) is 12.8 Å². The van der Waals surface area contributed by atoms with E-state index in [4.69, 9.17) is 9.47 Å². The first-order valence-corrected chi connectivity index (χ1v) is 10.6. The van der Waals surface area contributed by atoms with Crippen molar-refractivity contribution >= 4 is 17.8 Å². The van der Waals surface area contributed by atoms with Crippen LogP contribution in [0.5, 0.6) is 11.5 Å². The van der Waals surface area contributed by atoms with Crippen LogP contribution in [0.4, 0.5) is 0 Å². The van der Waals surface area contributed by atoms with Gasteiger partial charge in [-0.1, -0.05) is 19.1 Å². The number of carbonyl (C=O) groups excluding carboxylic acids is 2. The summed E-state index contributed by atoms with van der Waals surface area (Å²) < 4.78 is 10.7. The minimum atomic E-state index is -0.414. The highest BCUT2D eigenvalue weighted by Gasteiger charge is 2.34. The van der Waals surface area contributed by atoms with Crippen molar-refractivity contribution < 1.29 is 24.2 Å². The Morgan fingerprint density at radius 1 is 1.26 bits per heavy atom. The Morgan fingerprint density at radius 2 is 1.94 bits per heavy atom. The number of phenolic OH excluding ortho intramolecular Hbond substituents is 1. The van der Waals surface area contributed by atoms with Gasteiger partial charge in [-0.2, -0.15) is 0 Å². The summed E-state index contributed by atoms with van der Waals surface area (Å²) in [6.07, 6.45) is 3.91. The number of piperidine rings is 1. The number of fused-ring (bicyclic) bond motifs is 1. The molecular weight excluding hydrogens is 394 g/mol. The number of hydrogen-bond donors (Lipinski definition) is 1. The van der Waals surface area contributed by atoms with Gasteiger partial charge in [0, 0.05) is 6.54 Å². The highest BCUT2D eigenvalue weighted by Crippen LogP contribution is 2.42. The van der Waals surface area contributed by atoms with Crippen LogP contribution < -0.4 is 4.74 Å². The zero-order chi connectivity index (χ0) is 22.1. The quantitative estimate of drug-likeness (QED) is 0.585. The summed E-state index contributed by atoms with van der Waals surface area (Å²) in [5.74, 6) is 0.931. The van der Waals surface area contributed by atoms with Crippen molar-refractivity contribution in [3.8, 4) is 11.5 Å². The second-order valence-corrected chi connectivity index (χ2v) is 8.41. The van der Waals surface area contributed by atoms with Crippen LogP contribution in [-0.4, -0.2) is 42.0 Å². The van der Waals surface area contributed by atoms with Crippen LogP contribution in [0.3, 0.4) is 0 Å². The van der Waals surface area contributed by atoms with Gasteiger partial charge >= 0.3 is 5.97 Å². The molecule has 4 rings (SSSR count). The van der Waals surface area contributed by atoms with Gasteiger partial charge in [-0.3, -0.25) is 9.69 Å². The number of benzene rings is 2. The Bertz CT molecular complexity index is 1050. The van der Waals surface area contributed by atoms with Crippen molar-refractivity contribution in [3.63, 3.8) is 0 Å². The first-order valence-electron chi connectivity index (χ1n) is 10.6. The number of aryl methyl sites for hydroxylation is 1. The number of ether oxygens (including phenoxy) is 2. The van der Waals surface area contributed by atoms with Gasteiger partial charge in [-0.15, -0.1) is 0 Å². The number of carbonyl (C=O) groups is 2. The molecule has 2 aromatic carbocycles. The number of allylic oxidation sites excluding steroid dienone is 1. The second kappa shape index (κ2) is 8.55. The molecule has 2 heterocycles. The highest BCUT2D eigenvalue weighted by atomic mass is 16.5. The number of hydrogen-bond acceptors (Lipinski definition) is 6. The smallest absolute Gasteiger partial charge is 0.337 e. The second-order valence-electron chi connectivity index (χ2n) is 8.41. The van der Waals surface area contributed by atoms with E-state index >= 15 is 0 Å². The van der Waals surface area contributed by atoms with Gasteiger partial charge < -0.3 is 14.6 Å². The molecule has 31 heavy (non-hydrogen) atoms. The molecule has 0 spiro atoms. The van der Waals surface area contributed by atoms with Gasteiger partial charge in [0.15, 0.2) is 5.76 Å². The van der Waals surface area contributed by atoms with Crippen molar-refractivity contribution in [3.05, 3.63) is 63.9 Å². The summed E-state index contributed by atoms with van der Waals surface area (Å²) >= 11 is 0. The summed E-state index contributed by atoms with van der Waals surface area (Å²) in [6.45, 7) is 6.55. The Hall–Kier alpha value is -3.12. The van der Waals surface area contributed by atoms with Crippen molar-refractivity contribution in [1.82, 2.24) is 4.90 Å². The van der Waals surface area contributed by atoms with Crippen molar-refractivity contribution in [2.24, 2.45) is 5.92 Å². The van der Waals surface area contributed by atoms with Gasteiger partial charge in [-0.05, 0) is 74.2 Å². The van der Waals surface area contributed by atoms with E-state index in [1.54, 1.807) is 43.3 Å². The Balaban J connectivity index is 1.62. The van der Waals surface area contributed by atoms with Crippen LogP contribution >= 0.6 is 0 Å². The number of likely N-dealkylation sites (tertiary alicyclic amines) is 1. The molecule has 0 saturated carbocycles. The van der Waals surface area contributed by atoms with Crippen LogP contribution in [0.25, 0.3) is 6.08 Å². The van der Waals surface area contributed by atoms with Gasteiger partial charge in [-0.25, -0.2) is 4.79 Å². The number of esters is 1. The lowest BCUT2D eigenvalue weighted by atomic mass is 9.96. The molecule has 1 N–H and O–H groups in total. The zero-order valence-corrected chi connectivity index (χ0v) is 18.1. The van der Waals surface area contributed by atoms with Gasteiger partial charge in [0.2, 0.25) is 5.78 Å². The maximum absolute atomic E-state index is 13.1. The van der Waals surface area contributed by atoms with Gasteiger partial charge in [0.05, 0.1) is 23.8 Å². The topological polar surface area (TPSA) is 76.1 Å². The number of aromatic hydroxyl groups is 1. The molecule has 6 heteroatoms. The van der Waals surface area contributed by atoms with Gasteiger partial charge in [0.1, 0.15) is 11.5 Å². The molecule has 0 radical (unpaired) electrons. The predicted molar refractivity (Wildman–Crippen MR) is 117 cm³/mol. The van der Waals surface area contributed by atoms with E-state index in [0.29, 0.717) is 40.5 Å². The number of rotatable bonds is 4. The van der Waals surface area contributed by atoms with E-state index in [2.05, 4.69) is 11.8 Å². The zero-order valence-electron chi connectivity index (χ0n) is 18.1. The highest BCUT2D eigenvalue weighted by molar-refractivity contribution is 6.15. The molecule has 0 amide bonds. The van der Waals surface area contributed by atoms with Crippen LogP contribution in [0.15, 0.2) is 36.1 Å². The lowest BCUT2D eigenvalue weighted by Gasteiger charge is -2.30. The molecule has 0 unspecified atom stereocenters. The molecule has 2 aromatic rings. The lowest BCUT2D eigenvalue weighted by molar-refractivity contribution is 0.0600. The fourth-order valence-electron chi connectivity index (χ4n) is 4.16. The third kappa shape index (κ3) is 4.21. The number of Topliss-reactive ketones (excluding diaryl/α,β-unsaturated/α-hetero) is 1. The molecule has 1 fully saturated rings. The van der Waals surface area contributed by atoms with E-state index in [1.807, 2.05) is 0 Å². The fraction of sp³-hybridized carbons (Fsp3) is 0.360. The summed E-state index contributed by atoms with van der Waals surface area (Å²) in [5, 5.41) is 10.6. The molecule has 6 nitrogen and oxygen atoms in total. The summed E-state index contributed by atoms with van der Waals surface area (Å²) in [4.78, 5) is 27.0. The summed E-state index contributed by atoms with van der Waals surface area (Å²) in [5.41, 5.74) is 3.03. The largest absolute Gasteiger partial charge is 0.507 e. The molecule has 0 aliphatic carbocycles. The number of ketones is 1. The fourth-order valence-corrected chi connectivity index (χ4v) is 4.16. The predicted octanol–water partition coefficient (Wildman–Crippen LogP) is 4.34. The molecule has 162 valence electrons. The third-order valence-electron chi connectivity index (χ3n) is 6.11. The molecule has 0 atom stereocenters. The van der Waals surface area contributed by atoms with E-state index in [9.17, 15) is 14.7 Å². The van der Waals surface area contributed by atoms with Crippen LogP contribution in [0.1, 0.15) is 57.2 Å². The van der Waals surface area contributed by atoms with Crippen molar-refractivity contribution in [2.75, 3.05) is 20.2 Å². The maximum Gasteiger partial charge on any atom is 0.337 e. The van der Waals surface area contributed by atoms with E-state index in [0.717, 1.165) is 31.5 Å². The first kappa shape index (κ1) is 21.1. The third-order valence-corrected chi connectivity index (χ3v) is 6.11. The molecule has 2 aliphatic heterocycles. The van der Waals surface area contributed by atoms with Crippen LogP contribution in [0.2, 0.25) is 0 Å². The number of nitrogens with zero attached hydrogens (tertiary/aromatic N) is 1. The standard InChI is InChI=1S/C25H27NO5/c1-15-8-10-26(11-9-15)14-19-20(27)12-16(2)22-23(28)21(31-24(19)22)13-17-4-6-18(7-5-17)25(29)30-3/h4-7,12-13,15,27H,8-11,14H2,1-3H3/b21-13-. The maximum atomic E-state index is 13.1. The molecule has 0 aromatic heterocycles. The molecule has 1 saturated heterocycles. The van der Waals surface area contributed by atoms with Crippen molar-refractivity contribution in [1.29, 1.82) is 0 Å². The first-order chi connectivity index (χ1) is 14.9. The van der Waals surface area contributed by atoms with E-state index < -0.39 is 5.97 Å². The Kier molecular flexibility index (Phi) is 5.83. The number of phenols is 1. The molecule has 2 aliphatic rings. The SMILES string of the molecule is COC(=O)c1ccc(/C=C2\Oc3c(CN4CCC(C)CC4)c(O)cc(C)c3C2=O)cc1. The molecular formula is C25H27NO5. The monoisotopic (exact) mass is 421 g/mol. The number of methoxy groups -OCH3 is 1. The minimum Gasteiger partial charge on any atom is -0.507 e. The lowest BCUT2D eigenvalue weighted by Crippen LogP contribution is -2.32. The van der Waals surface area contributed by atoms with E-state index in [-0.39, 0.29) is 17.3 Å². The van der Waals surface area contributed by atoms with Gasteiger partial charge in [0.25, 0.3) is 0 Å². The van der Waals surface area contributed by atoms with Crippen LogP contribution in [-0.2, 0) is 11.3 Å². The Labute approximate surface area is 182 Å². The minimum absolute atomic E-state index is 0.159. The molecule has 0 bridgehead atoms. The van der Waals surface area contributed by atoms with Crippen molar-refractivity contribution in [2.45, 2.75) is 33.2 Å². The average molecular weight is 421 g/mol.